The zero-order valence-corrected chi connectivity index (χ0v) is 27.1. The first-order valence-electron chi connectivity index (χ1n) is 15.9. The van der Waals surface area contributed by atoms with Gasteiger partial charge in [-0.15, -0.1) is 0 Å². The Balaban J connectivity index is 1.76. The van der Waals surface area contributed by atoms with Crippen LogP contribution in [0.4, 0.5) is 27.9 Å². The van der Waals surface area contributed by atoms with E-state index < -0.39 is 46.7 Å². The number of nitrogens with zero attached hydrogens (tertiary/aromatic N) is 4. The van der Waals surface area contributed by atoms with Gasteiger partial charge >= 0.3 is 12.1 Å². The second-order valence-corrected chi connectivity index (χ2v) is 11.7. The van der Waals surface area contributed by atoms with E-state index in [0.717, 1.165) is 50.2 Å². The highest BCUT2D eigenvalue weighted by Gasteiger charge is 2.43. The van der Waals surface area contributed by atoms with Crippen LogP contribution in [0, 0.1) is 24.5 Å². The number of aryl methyl sites for hydroxylation is 1. The number of amides is 1. The molecule has 0 atom stereocenters. The van der Waals surface area contributed by atoms with Crippen molar-refractivity contribution in [3.8, 4) is 22.7 Å². The Morgan fingerprint density at radius 1 is 1.02 bits per heavy atom. The quantitative estimate of drug-likeness (QED) is 0.0787. The number of esters is 1. The Bertz CT molecular complexity index is 1920. The second kappa shape index (κ2) is 14.7. The van der Waals surface area contributed by atoms with Crippen molar-refractivity contribution in [2.24, 2.45) is 5.92 Å². The van der Waals surface area contributed by atoms with E-state index in [9.17, 15) is 27.6 Å². The van der Waals surface area contributed by atoms with E-state index >= 15 is 8.78 Å². The number of pyridine rings is 1. The van der Waals surface area contributed by atoms with Crippen molar-refractivity contribution < 1.29 is 36.3 Å². The van der Waals surface area contributed by atoms with Crippen LogP contribution in [0.2, 0.25) is 0 Å². The molecular weight excluding hydrogens is 651 g/mol. The first kappa shape index (κ1) is 35.4. The van der Waals surface area contributed by atoms with Gasteiger partial charge in [0.2, 0.25) is 5.95 Å². The molecule has 15 heteroatoms. The fourth-order valence-corrected chi connectivity index (χ4v) is 5.41. The van der Waals surface area contributed by atoms with Crippen LogP contribution in [0.3, 0.4) is 0 Å². The predicted molar refractivity (Wildman–Crippen MR) is 173 cm³/mol. The van der Waals surface area contributed by atoms with Gasteiger partial charge in [0.15, 0.2) is 11.4 Å². The van der Waals surface area contributed by atoms with Gasteiger partial charge in [0.1, 0.15) is 17.3 Å². The van der Waals surface area contributed by atoms with Crippen molar-refractivity contribution in [2.45, 2.75) is 46.2 Å². The number of rotatable bonds is 13. The Morgan fingerprint density at radius 3 is 2.35 bits per heavy atom. The molecule has 2 heterocycles. The van der Waals surface area contributed by atoms with Gasteiger partial charge in [-0.05, 0) is 81.6 Å². The number of aromatic nitrogens is 3. The van der Waals surface area contributed by atoms with Crippen LogP contribution in [0.1, 0.15) is 49.0 Å². The molecule has 260 valence electrons. The number of anilines is 1. The number of para-hydroxylation sites is 1. The summed E-state index contributed by atoms with van der Waals surface area (Å²) in [7, 11) is 0. The van der Waals surface area contributed by atoms with Gasteiger partial charge in [-0.2, -0.15) is 18.2 Å². The maximum atomic E-state index is 15.1. The molecule has 4 aromatic rings. The van der Waals surface area contributed by atoms with Crippen LogP contribution in [-0.4, -0.2) is 70.2 Å². The third-order valence-corrected chi connectivity index (χ3v) is 8.26. The monoisotopic (exact) mass is 686 g/mol. The molecule has 0 unspecified atom stereocenters. The Labute approximate surface area is 278 Å². The molecule has 2 aromatic carbocycles. The minimum absolute atomic E-state index is 0.0288. The lowest BCUT2D eigenvalue weighted by Gasteiger charge is -2.20. The standard InChI is InChI=1S/C34H35F5N6O4/c1-4-44(5-2)17-7-16-40-33-42-27(21-14-15-25(46)45(30(21)43-33)28-23(35)8-6-9-24(28)36)26-19(3)10-13-22(31(47)41-18-20-11-12-20)29(26)49-32(48)34(37,38)39/h6,8-10,13-15,20H,4-5,7,11-12,16-18H2,1-3H3,(H,41,47)(H,40,42,43). The molecule has 0 saturated heterocycles. The van der Waals surface area contributed by atoms with Gasteiger partial charge in [-0.3, -0.25) is 14.2 Å². The number of hydrogen-bond donors (Lipinski definition) is 2. The lowest BCUT2D eigenvalue weighted by molar-refractivity contribution is -0.189. The highest BCUT2D eigenvalue weighted by molar-refractivity contribution is 6.03. The lowest BCUT2D eigenvalue weighted by atomic mass is 9.97. The molecule has 2 N–H and O–H groups in total. The fourth-order valence-electron chi connectivity index (χ4n) is 5.41. The number of carbonyl (C=O) groups is 2. The maximum Gasteiger partial charge on any atom is 0.491 e. The molecule has 2 aromatic heterocycles. The van der Waals surface area contributed by atoms with E-state index in [0.29, 0.717) is 24.1 Å². The summed E-state index contributed by atoms with van der Waals surface area (Å²) >= 11 is 0. The molecule has 1 aliphatic rings. The number of halogens is 5. The van der Waals surface area contributed by atoms with Crippen LogP contribution in [-0.2, 0) is 4.79 Å². The number of hydrogen-bond acceptors (Lipinski definition) is 8. The van der Waals surface area contributed by atoms with Crippen molar-refractivity contribution >= 4 is 28.9 Å². The summed E-state index contributed by atoms with van der Waals surface area (Å²) in [5.74, 6) is -6.13. The molecule has 1 aliphatic carbocycles. The molecule has 0 radical (unpaired) electrons. The van der Waals surface area contributed by atoms with E-state index in [4.69, 9.17) is 4.74 Å². The molecule has 1 saturated carbocycles. The van der Waals surface area contributed by atoms with E-state index in [2.05, 4.69) is 25.5 Å². The highest BCUT2D eigenvalue weighted by atomic mass is 19.4. The van der Waals surface area contributed by atoms with Crippen LogP contribution >= 0.6 is 0 Å². The largest absolute Gasteiger partial charge is 0.491 e. The SMILES string of the molecule is CCN(CC)CCCNc1nc(-c2c(C)ccc(C(=O)NCC3CC3)c2OC(=O)C(F)(F)F)c2ccc(=O)n(-c3c(F)cccc3F)c2n1. The van der Waals surface area contributed by atoms with E-state index in [1.807, 2.05) is 13.8 Å². The zero-order chi connectivity index (χ0) is 35.5. The summed E-state index contributed by atoms with van der Waals surface area (Å²) in [5.41, 5.74) is -2.34. The first-order chi connectivity index (χ1) is 23.3. The Morgan fingerprint density at radius 2 is 1.71 bits per heavy atom. The van der Waals surface area contributed by atoms with Crippen LogP contribution in [0.25, 0.3) is 28.0 Å². The summed E-state index contributed by atoms with van der Waals surface area (Å²) in [5, 5.41) is 5.69. The smallest absolute Gasteiger partial charge is 0.418 e. The highest BCUT2D eigenvalue weighted by Crippen LogP contribution is 2.40. The van der Waals surface area contributed by atoms with Crippen molar-refractivity contribution in [1.82, 2.24) is 24.8 Å². The molecule has 5 rings (SSSR count). The molecule has 1 amide bonds. The van der Waals surface area contributed by atoms with Crippen molar-refractivity contribution in [3.63, 3.8) is 0 Å². The second-order valence-electron chi connectivity index (χ2n) is 11.7. The minimum Gasteiger partial charge on any atom is -0.418 e. The maximum absolute atomic E-state index is 15.1. The number of nitrogens with one attached hydrogen (secondary N) is 2. The van der Waals surface area contributed by atoms with Gasteiger partial charge in [-0.25, -0.2) is 18.6 Å². The van der Waals surface area contributed by atoms with E-state index in [-0.39, 0.29) is 51.8 Å². The average Bonchev–Trinajstić information content (AvgIpc) is 3.89. The summed E-state index contributed by atoms with van der Waals surface area (Å²) in [4.78, 5) is 50.1. The lowest BCUT2D eigenvalue weighted by Crippen LogP contribution is -2.31. The molecule has 1 fully saturated rings. The third kappa shape index (κ3) is 7.88. The number of alkyl halides is 3. The Hall–Kier alpha value is -4.92. The van der Waals surface area contributed by atoms with Crippen LogP contribution < -0.4 is 20.9 Å². The van der Waals surface area contributed by atoms with Crippen molar-refractivity contribution in [2.75, 3.05) is 38.0 Å². The summed E-state index contributed by atoms with van der Waals surface area (Å²) in [6, 6.07) is 7.98. The Kier molecular flexibility index (Phi) is 10.6. The summed E-state index contributed by atoms with van der Waals surface area (Å²) < 4.78 is 76.7. The van der Waals surface area contributed by atoms with Gasteiger partial charge in [-0.1, -0.05) is 26.0 Å². The molecule has 49 heavy (non-hydrogen) atoms. The number of fused-ring (bicyclic) bond motifs is 1. The fraction of sp³-hybridized carbons (Fsp3) is 0.382. The van der Waals surface area contributed by atoms with E-state index in [1.165, 1.54) is 25.1 Å². The third-order valence-electron chi connectivity index (χ3n) is 8.26. The molecule has 10 nitrogen and oxygen atoms in total. The zero-order valence-electron chi connectivity index (χ0n) is 27.1. The molecule has 0 bridgehead atoms. The first-order valence-corrected chi connectivity index (χ1v) is 15.9. The normalized spacial score (nSPS) is 13.2. The van der Waals surface area contributed by atoms with Gasteiger partial charge in [0.25, 0.3) is 11.5 Å². The molecule has 0 spiro atoms. The van der Waals surface area contributed by atoms with Crippen LogP contribution in [0.15, 0.2) is 47.3 Å². The molecule has 0 aliphatic heterocycles. The van der Waals surface area contributed by atoms with E-state index in [1.54, 1.807) is 0 Å². The summed E-state index contributed by atoms with van der Waals surface area (Å²) in [6.45, 7) is 8.46. The predicted octanol–water partition coefficient (Wildman–Crippen LogP) is 5.79. The number of ether oxygens (including phenoxy) is 1. The van der Waals surface area contributed by atoms with Crippen molar-refractivity contribution in [1.29, 1.82) is 0 Å². The van der Waals surface area contributed by atoms with Crippen LogP contribution in [0.5, 0.6) is 5.75 Å². The van der Waals surface area contributed by atoms with Gasteiger partial charge in [0.05, 0.1) is 11.3 Å². The minimum atomic E-state index is -5.42. The number of benzene rings is 2. The average molecular weight is 687 g/mol. The van der Waals surface area contributed by atoms with Crippen molar-refractivity contribution in [3.05, 3.63) is 75.6 Å². The topological polar surface area (TPSA) is 118 Å². The molecular formula is C34H35F5N6O4. The number of carbonyl (C=O) groups excluding carboxylic acids is 2. The summed E-state index contributed by atoms with van der Waals surface area (Å²) in [6.07, 6.45) is -3.03. The van der Waals surface area contributed by atoms with Gasteiger partial charge < -0.3 is 20.3 Å². The van der Waals surface area contributed by atoms with Gasteiger partial charge in [0, 0.05) is 30.1 Å².